The fraction of sp³-hybridized carbons (Fsp3) is 0.250. The Labute approximate surface area is 120 Å². The lowest BCUT2D eigenvalue weighted by atomic mass is 10.2. The van der Waals surface area contributed by atoms with Gasteiger partial charge in [-0.05, 0) is 31.3 Å². The van der Waals surface area contributed by atoms with Gasteiger partial charge in [0, 0.05) is 7.05 Å². The number of hydrogen-bond donors (Lipinski definition) is 2. The number of rotatable bonds is 3. The molecule has 2 N–H and O–H groups in total. The van der Waals surface area contributed by atoms with Gasteiger partial charge in [-0.3, -0.25) is 9.89 Å². The maximum Gasteiger partial charge on any atom is 0.253 e. The number of aromatic nitrogens is 3. The Morgan fingerprint density at radius 1 is 1.53 bits per heavy atom. The summed E-state index contributed by atoms with van der Waals surface area (Å²) >= 11 is 11.0. The van der Waals surface area contributed by atoms with Gasteiger partial charge in [-0.2, -0.15) is 5.10 Å². The van der Waals surface area contributed by atoms with Crippen molar-refractivity contribution in [3.05, 3.63) is 45.4 Å². The van der Waals surface area contributed by atoms with Crippen molar-refractivity contribution >= 4 is 29.7 Å². The van der Waals surface area contributed by atoms with Crippen LogP contribution in [-0.4, -0.2) is 20.7 Å². The molecule has 1 aromatic carbocycles. The molecule has 5 nitrogen and oxygen atoms in total. The summed E-state index contributed by atoms with van der Waals surface area (Å²) < 4.78 is 2.22. The summed E-state index contributed by atoms with van der Waals surface area (Å²) in [7, 11) is 1.79. The quantitative estimate of drug-likeness (QED) is 0.856. The zero-order valence-electron chi connectivity index (χ0n) is 10.5. The highest BCUT2D eigenvalue weighted by atomic mass is 35.5. The van der Waals surface area contributed by atoms with E-state index in [-0.39, 0.29) is 11.9 Å². The number of halogens is 1. The molecule has 7 heteroatoms. The van der Waals surface area contributed by atoms with E-state index in [0.717, 1.165) is 0 Å². The van der Waals surface area contributed by atoms with E-state index in [1.807, 2.05) is 6.92 Å². The fourth-order valence-corrected chi connectivity index (χ4v) is 2.09. The van der Waals surface area contributed by atoms with Gasteiger partial charge in [0.25, 0.3) is 5.91 Å². The molecule has 1 amide bonds. The van der Waals surface area contributed by atoms with Crippen molar-refractivity contribution in [2.75, 3.05) is 0 Å². The molecule has 0 spiro atoms. The smallest absolute Gasteiger partial charge is 0.253 e. The highest BCUT2D eigenvalue weighted by Crippen LogP contribution is 2.16. The van der Waals surface area contributed by atoms with Crippen LogP contribution in [0.2, 0.25) is 5.02 Å². The van der Waals surface area contributed by atoms with E-state index in [0.29, 0.717) is 21.2 Å². The van der Waals surface area contributed by atoms with Crippen LogP contribution in [0.1, 0.15) is 29.1 Å². The maximum absolute atomic E-state index is 12.1. The summed E-state index contributed by atoms with van der Waals surface area (Å²) in [6.07, 6.45) is 0. The van der Waals surface area contributed by atoms with E-state index in [1.165, 1.54) is 0 Å². The Balaban J connectivity index is 2.18. The molecule has 2 rings (SSSR count). The van der Waals surface area contributed by atoms with Crippen molar-refractivity contribution in [3.63, 3.8) is 0 Å². The summed E-state index contributed by atoms with van der Waals surface area (Å²) in [5.41, 5.74) is 0.438. The minimum absolute atomic E-state index is 0.244. The molecule has 0 fully saturated rings. The third-order valence-corrected chi connectivity index (χ3v) is 3.46. The first-order valence-electron chi connectivity index (χ1n) is 5.67. The maximum atomic E-state index is 12.1. The molecule has 0 aliphatic rings. The average Bonchev–Trinajstić information content (AvgIpc) is 2.70. The van der Waals surface area contributed by atoms with Gasteiger partial charge in [-0.15, -0.1) is 0 Å². The van der Waals surface area contributed by atoms with Crippen molar-refractivity contribution in [2.45, 2.75) is 13.0 Å². The van der Waals surface area contributed by atoms with Crippen molar-refractivity contribution in [1.82, 2.24) is 20.1 Å². The Bertz CT molecular complexity index is 664. The standard InChI is InChI=1S/C12H13ClN4OS/c1-7(10-15-16-12(19)17(10)2)14-11(18)8-5-3-4-6-9(8)13/h3-7H,1-2H3,(H,14,18)(H,16,19)/t7-/m1/s1. The van der Waals surface area contributed by atoms with Crippen molar-refractivity contribution < 1.29 is 4.79 Å². The van der Waals surface area contributed by atoms with Crippen LogP contribution in [0.3, 0.4) is 0 Å². The van der Waals surface area contributed by atoms with Gasteiger partial charge in [-0.1, -0.05) is 23.7 Å². The number of carbonyl (C=O) groups is 1. The minimum Gasteiger partial charge on any atom is -0.342 e. The molecule has 0 aliphatic carbocycles. The number of aromatic amines is 1. The molecule has 100 valence electrons. The Kier molecular flexibility index (Phi) is 4.01. The second kappa shape index (κ2) is 5.54. The highest BCUT2D eigenvalue weighted by molar-refractivity contribution is 7.71. The van der Waals surface area contributed by atoms with Crippen LogP contribution in [-0.2, 0) is 7.05 Å². The summed E-state index contributed by atoms with van der Waals surface area (Å²) in [6, 6.07) is 6.62. The molecule has 1 aromatic heterocycles. The number of H-pyrrole nitrogens is 1. The van der Waals surface area contributed by atoms with Crippen LogP contribution in [0, 0.1) is 4.77 Å². The molecule has 0 unspecified atom stereocenters. The van der Waals surface area contributed by atoms with E-state index in [4.69, 9.17) is 23.8 Å². The number of benzene rings is 1. The number of hydrogen-bond acceptors (Lipinski definition) is 3. The highest BCUT2D eigenvalue weighted by Gasteiger charge is 2.17. The molecule has 0 aliphatic heterocycles. The largest absolute Gasteiger partial charge is 0.342 e. The van der Waals surface area contributed by atoms with Crippen LogP contribution < -0.4 is 5.32 Å². The zero-order valence-corrected chi connectivity index (χ0v) is 12.0. The second-order valence-corrected chi connectivity index (χ2v) is 4.91. The summed E-state index contributed by atoms with van der Waals surface area (Å²) in [5, 5.41) is 10.0. The molecule has 19 heavy (non-hydrogen) atoms. The van der Waals surface area contributed by atoms with Gasteiger partial charge in [0.15, 0.2) is 10.6 Å². The molecule has 1 atom stereocenters. The van der Waals surface area contributed by atoms with Crippen LogP contribution >= 0.6 is 23.8 Å². The predicted octanol–water partition coefficient (Wildman–Crippen LogP) is 2.62. The average molecular weight is 297 g/mol. The van der Waals surface area contributed by atoms with Gasteiger partial charge >= 0.3 is 0 Å². The minimum atomic E-state index is -0.276. The molecule has 0 bridgehead atoms. The van der Waals surface area contributed by atoms with Crippen LogP contribution in [0.25, 0.3) is 0 Å². The first-order valence-corrected chi connectivity index (χ1v) is 6.46. The number of amides is 1. The molecule has 1 heterocycles. The first kappa shape index (κ1) is 13.8. The van der Waals surface area contributed by atoms with Gasteiger partial charge in [-0.25, -0.2) is 0 Å². The Morgan fingerprint density at radius 3 is 2.79 bits per heavy atom. The molecule has 0 saturated heterocycles. The van der Waals surface area contributed by atoms with E-state index >= 15 is 0 Å². The van der Waals surface area contributed by atoms with Crippen LogP contribution in [0.4, 0.5) is 0 Å². The predicted molar refractivity (Wildman–Crippen MR) is 75.7 cm³/mol. The number of nitrogens with one attached hydrogen (secondary N) is 2. The zero-order chi connectivity index (χ0) is 14.0. The number of carbonyl (C=O) groups excluding carboxylic acids is 1. The van der Waals surface area contributed by atoms with Gasteiger partial charge in [0.2, 0.25) is 0 Å². The monoisotopic (exact) mass is 296 g/mol. The van der Waals surface area contributed by atoms with E-state index in [2.05, 4.69) is 15.5 Å². The molecule has 2 aromatic rings. The van der Waals surface area contributed by atoms with Crippen LogP contribution in [0.5, 0.6) is 0 Å². The van der Waals surface area contributed by atoms with Crippen molar-refractivity contribution in [3.8, 4) is 0 Å². The summed E-state index contributed by atoms with van der Waals surface area (Å²) in [6.45, 7) is 1.83. The second-order valence-electron chi connectivity index (χ2n) is 4.12. The molecular weight excluding hydrogens is 284 g/mol. The summed E-state index contributed by atoms with van der Waals surface area (Å²) in [5.74, 6) is 0.414. The van der Waals surface area contributed by atoms with Gasteiger partial charge < -0.3 is 9.88 Å². The lowest BCUT2D eigenvalue weighted by molar-refractivity contribution is 0.0938. The normalized spacial score (nSPS) is 12.2. The van der Waals surface area contributed by atoms with Crippen molar-refractivity contribution in [1.29, 1.82) is 0 Å². The first-order chi connectivity index (χ1) is 9.00. The number of nitrogens with zero attached hydrogens (tertiary/aromatic N) is 2. The fourth-order valence-electron chi connectivity index (χ4n) is 1.73. The van der Waals surface area contributed by atoms with E-state index in [9.17, 15) is 4.79 Å². The van der Waals surface area contributed by atoms with Crippen LogP contribution in [0.15, 0.2) is 24.3 Å². The third kappa shape index (κ3) is 2.85. The molecule has 0 saturated carbocycles. The summed E-state index contributed by atoms with van der Waals surface area (Å²) in [4.78, 5) is 12.1. The molecular formula is C12H13ClN4OS. The lowest BCUT2D eigenvalue weighted by Crippen LogP contribution is -2.28. The van der Waals surface area contributed by atoms with Gasteiger partial charge in [0.1, 0.15) is 0 Å². The lowest BCUT2D eigenvalue weighted by Gasteiger charge is -2.13. The van der Waals surface area contributed by atoms with Gasteiger partial charge in [0.05, 0.1) is 16.6 Å². The third-order valence-electron chi connectivity index (χ3n) is 2.77. The van der Waals surface area contributed by atoms with E-state index in [1.54, 1.807) is 35.9 Å². The Hall–Kier alpha value is -1.66. The Morgan fingerprint density at radius 2 is 2.21 bits per heavy atom. The SMILES string of the molecule is C[C@@H](NC(=O)c1ccccc1Cl)c1n[nH]c(=S)n1C. The molecule has 0 radical (unpaired) electrons. The van der Waals surface area contributed by atoms with E-state index < -0.39 is 0 Å². The topological polar surface area (TPSA) is 62.7 Å². The van der Waals surface area contributed by atoms with Crippen molar-refractivity contribution in [2.24, 2.45) is 7.05 Å².